The van der Waals surface area contributed by atoms with Crippen molar-refractivity contribution in [2.75, 3.05) is 6.54 Å². The third-order valence-electron chi connectivity index (χ3n) is 3.39. The molecule has 0 fully saturated rings. The van der Waals surface area contributed by atoms with E-state index in [0.29, 0.717) is 6.54 Å². The molecule has 1 unspecified atom stereocenters. The van der Waals surface area contributed by atoms with Crippen LogP contribution in [0.1, 0.15) is 26.3 Å². The third kappa shape index (κ3) is 9.90. The summed E-state index contributed by atoms with van der Waals surface area (Å²) in [6.07, 6.45) is 0. The zero-order valence-electron chi connectivity index (χ0n) is 16.1. The molecule has 7 nitrogen and oxygen atoms in total. The third-order valence-corrected chi connectivity index (χ3v) is 4.58. The fourth-order valence-corrected chi connectivity index (χ4v) is 2.89. The van der Waals surface area contributed by atoms with Crippen LogP contribution in [0.15, 0.2) is 42.5 Å². The molecule has 2 rings (SSSR count). The molecule has 0 bridgehead atoms. The molecular formula is C19H26IN3O4S. The van der Waals surface area contributed by atoms with E-state index in [1.54, 1.807) is 6.92 Å². The van der Waals surface area contributed by atoms with Crippen molar-refractivity contribution in [2.24, 2.45) is 0 Å². The first-order chi connectivity index (χ1) is 13.5. The van der Waals surface area contributed by atoms with E-state index in [0.717, 1.165) is 16.3 Å². The molecule has 0 aliphatic carbocycles. The van der Waals surface area contributed by atoms with Crippen molar-refractivity contribution >= 4 is 59.4 Å². The van der Waals surface area contributed by atoms with Gasteiger partial charge in [-0.05, 0) is 32.4 Å². The molecule has 0 saturated carbocycles. The van der Waals surface area contributed by atoms with Crippen LogP contribution in [-0.4, -0.2) is 36.0 Å². The lowest BCUT2D eigenvalue weighted by atomic mass is 10.0. The van der Waals surface area contributed by atoms with Gasteiger partial charge in [0.25, 0.3) is 6.47 Å². The molecule has 0 aromatic heterocycles. The highest BCUT2D eigenvalue weighted by molar-refractivity contribution is 14.2. The molecule has 1 atom stereocenters. The topological polar surface area (TPSA) is 108 Å². The number of carboxylic acid groups (broad SMARTS) is 1. The van der Waals surface area contributed by atoms with Crippen molar-refractivity contribution in [3.8, 4) is 0 Å². The van der Waals surface area contributed by atoms with Gasteiger partial charge in [0.1, 0.15) is 6.04 Å². The summed E-state index contributed by atoms with van der Waals surface area (Å²) in [5.74, 6) is -0.407. The molecule has 9 heteroatoms. The maximum Gasteiger partial charge on any atom is 0.290 e. The average molecular weight is 519 g/mol. The van der Waals surface area contributed by atoms with Crippen LogP contribution in [-0.2, 0) is 20.9 Å². The first kappa shape index (κ1) is 26.1. The van der Waals surface area contributed by atoms with E-state index in [4.69, 9.17) is 9.90 Å². The number of rotatable bonds is 7. The van der Waals surface area contributed by atoms with Crippen molar-refractivity contribution in [3.05, 3.63) is 48.0 Å². The maximum atomic E-state index is 12.1. The molecule has 2 aromatic rings. The Labute approximate surface area is 181 Å². The highest BCUT2D eigenvalue weighted by Gasteiger charge is 2.15. The SMILES string of the molecule is CC.CC(NC(=O)CNSI)C(=O)NCc1cccc2ccccc12.O=CO. The van der Waals surface area contributed by atoms with Crippen LogP contribution in [0.5, 0.6) is 0 Å². The minimum atomic E-state index is -0.571. The van der Waals surface area contributed by atoms with Gasteiger partial charge in [-0.15, -0.1) is 0 Å². The molecule has 4 N–H and O–H groups in total. The Hall–Kier alpha value is -1.85. The zero-order chi connectivity index (χ0) is 21.4. The molecule has 0 aliphatic heterocycles. The molecule has 2 aromatic carbocycles. The Morgan fingerprint density at radius 3 is 2.43 bits per heavy atom. The van der Waals surface area contributed by atoms with Crippen molar-refractivity contribution in [1.29, 1.82) is 0 Å². The van der Waals surface area contributed by atoms with E-state index in [2.05, 4.69) is 15.4 Å². The van der Waals surface area contributed by atoms with Crippen molar-refractivity contribution in [3.63, 3.8) is 0 Å². The maximum absolute atomic E-state index is 12.1. The van der Waals surface area contributed by atoms with Crippen molar-refractivity contribution in [1.82, 2.24) is 15.4 Å². The second kappa shape index (κ2) is 16.1. The first-order valence-corrected chi connectivity index (χ1v) is 12.0. The smallest absolute Gasteiger partial charge is 0.290 e. The van der Waals surface area contributed by atoms with E-state index >= 15 is 0 Å². The van der Waals surface area contributed by atoms with Crippen LogP contribution in [0.25, 0.3) is 10.8 Å². The summed E-state index contributed by atoms with van der Waals surface area (Å²) in [6, 6.07) is 13.5. The minimum Gasteiger partial charge on any atom is -0.483 e. The summed E-state index contributed by atoms with van der Waals surface area (Å²) < 4.78 is 2.83. The summed E-state index contributed by atoms with van der Waals surface area (Å²) in [7, 11) is 1.33. The van der Waals surface area contributed by atoms with Gasteiger partial charge in [0.15, 0.2) is 0 Å². The molecule has 154 valence electrons. The van der Waals surface area contributed by atoms with E-state index in [9.17, 15) is 9.59 Å². The average Bonchev–Trinajstić information content (AvgIpc) is 2.72. The van der Waals surface area contributed by atoms with Crippen molar-refractivity contribution < 1.29 is 19.5 Å². The largest absolute Gasteiger partial charge is 0.483 e. The second-order valence-corrected chi connectivity index (χ2v) is 6.91. The van der Waals surface area contributed by atoms with E-state index in [1.807, 2.05) is 77.5 Å². The Balaban J connectivity index is 0.00000133. The number of carbonyl (C=O) groups excluding carboxylic acids is 2. The lowest BCUT2D eigenvalue weighted by Crippen LogP contribution is -2.46. The molecule has 0 spiro atoms. The second-order valence-electron chi connectivity index (χ2n) is 5.15. The summed E-state index contributed by atoms with van der Waals surface area (Å²) in [4.78, 5) is 32.1. The van der Waals surface area contributed by atoms with Gasteiger partial charge in [-0.3, -0.25) is 14.4 Å². The summed E-state index contributed by atoms with van der Waals surface area (Å²) >= 11 is 2.04. The van der Waals surface area contributed by atoms with Gasteiger partial charge < -0.3 is 15.7 Å². The fourth-order valence-electron chi connectivity index (χ4n) is 2.23. The van der Waals surface area contributed by atoms with Gasteiger partial charge in [-0.2, -0.15) is 0 Å². The normalized spacial score (nSPS) is 10.4. The number of fused-ring (bicyclic) bond motifs is 1. The number of hydrogen-bond acceptors (Lipinski definition) is 5. The Kier molecular flexibility index (Phi) is 15.1. The Bertz CT molecular complexity index is 741. The first-order valence-electron chi connectivity index (χ1n) is 8.65. The number of benzene rings is 2. The van der Waals surface area contributed by atoms with Gasteiger partial charge in [0.2, 0.25) is 11.8 Å². The van der Waals surface area contributed by atoms with E-state index < -0.39 is 6.04 Å². The lowest BCUT2D eigenvalue weighted by Gasteiger charge is -2.15. The standard InChI is InChI=1S/C16H18IN3O2S.C2H6.CH2O2/c1-11(20-15(21)10-19-23-17)16(22)18-9-13-7-4-6-12-5-2-3-8-14(12)13;1-2;2-1-3/h2-8,11,19H,9-10H2,1H3,(H,18,22)(H,20,21);1-2H3;1H,(H,2,3). The van der Waals surface area contributed by atoms with Crippen LogP contribution >= 0.6 is 30.3 Å². The van der Waals surface area contributed by atoms with Gasteiger partial charge in [-0.25, -0.2) is 4.72 Å². The molecule has 28 heavy (non-hydrogen) atoms. The van der Waals surface area contributed by atoms with E-state index in [1.165, 1.54) is 9.12 Å². The molecule has 0 radical (unpaired) electrons. The highest BCUT2D eigenvalue weighted by atomic mass is 127. The van der Waals surface area contributed by atoms with Gasteiger partial charge >= 0.3 is 0 Å². The molecular weight excluding hydrogens is 493 g/mol. The van der Waals surface area contributed by atoms with E-state index in [-0.39, 0.29) is 24.8 Å². The van der Waals surface area contributed by atoms with Crippen LogP contribution in [0.4, 0.5) is 0 Å². The molecule has 2 amide bonds. The molecule has 0 heterocycles. The van der Waals surface area contributed by atoms with Crippen molar-refractivity contribution in [2.45, 2.75) is 33.4 Å². The zero-order valence-corrected chi connectivity index (χ0v) is 19.0. The fraction of sp³-hybridized carbons (Fsp3) is 0.316. The lowest BCUT2D eigenvalue weighted by molar-refractivity contribution is -0.128. The molecule has 0 aliphatic rings. The number of nitrogens with one attached hydrogen (secondary N) is 3. The number of halogens is 1. The summed E-state index contributed by atoms with van der Waals surface area (Å²) in [5, 5.41) is 14.7. The van der Waals surface area contributed by atoms with Crippen LogP contribution in [0.3, 0.4) is 0 Å². The minimum absolute atomic E-state index is 0.175. The van der Waals surface area contributed by atoms with Crippen LogP contribution < -0.4 is 15.4 Å². The number of carbonyl (C=O) groups is 3. The molecule has 0 saturated heterocycles. The monoisotopic (exact) mass is 519 g/mol. The highest BCUT2D eigenvalue weighted by Crippen LogP contribution is 2.18. The summed E-state index contributed by atoms with van der Waals surface area (Å²) in [6.45, 7) is 6.03. The number of amides is 2. The summed E-state index contributed by atoms with van der Waals surface area (Å²) in [5.41, 5.74) is 1.05. The Morgan fingerprint density at radius 2 is 1.79 bits per heavy atom. The van der Waals surface area contributed by atoms with Gasteiger partial charge in [-0.1, -0.05) is 56.3 Å². The Morgan fingerprint density at radius 1 is 1.18 bits per heavy atom. The predicted molar refractivity (Wildman–Crippen MR) is 123 cm³/mol. The van der Waals surface area contributed by atoms with Crippen LogP contribution in [0, 0.1) is 0 Å². The van der Waals surface area contributed by atoms with Gasteiger partial charge in [0, 0.05) is 27.8 Å². The van der Waals surface area contributed by atoms with Gasteiger partial charge in [0.05, 0.1) is 6.54 Å². The number of hydrogen-bond donors (Lipinski definition) is 4. The van der Waals surface area contributed by atoms with Crippen LogP contribution in [0.2, 0.25) is 0 Å². The predicted octanol–water partition coefficient (Wildman–Crippen LogP) is 3.28. The quantitative estimate of drug-likeness (QED) is 0.254.